The van der Waals surface area contributed by atoms with Gasteiger partial charge in [0.05, 0.1) is 15.9 Å². The molecule has 6 nitrogen and oxygen atoms in total. The Morgan fingerprint density at radius 2 is 2.00 bits per heavy atom. The molecule has 2 unspecified atom stereocenters. The van der Waals surface area contributed by atoms with Gasteiger partial charge in [0.1, 0.15) is 17.0 Å². The van der Waals surface area contributed by atoms with Gasteiger partial charge in [-0.25, -0.2) is 9.37 Å². The number of carbonyl (C=O) groups excluding carboxylic acids is 1. The zero-order valence-electron chi connectivity index (χ0n) is 18.5. The van der Waals surface area contributed by atoms with Crippen LogP contribution in [0.3, 0.4) is 0 Å². The number of likely N-dealkylation sites (tertiary alicyclic amines) is 1. The van der Waals surface area contributed by atoms with Crippen molar-refractivity contribution in [3.05, 3.63) is 64.0 Å². The molecule has 34 heavy (non-hydrogen) atoms. The molecule has 0 aliphatic carbocycles. The molecule has 4 aromatic rings. The number of piperidine rings is 1. The van der Waals surface area contributed by atoms with Crippen LogP contribution in [-0.2, 0) is 0 Å². The third kappa shape index (κ3) is 3.75. The standard InChI is InChI=1S/C25H22ClFN4O2S/c1-14-28-22(23(34-14)15-4-7-18(27)8-5-15)24(32)31-10-2-3-16-12-30(13-20(16)31)25-29-19-9-6-17(26)11-21(19)33-25/h4-9,11,16,20H,2-3,10,12-13H2,1H3. The Bertz CT molecular complexity index is 1390. The fourth-order valence-electron chi connectivity index (χ4n) is 5.12. The summed E-state index contributed by atoms with van der Waals surface area (Å²) in [4.78, 5) is 27.9. The van der Waals surface area contributed by atoms with Gasteiger partial charge in [0.15, 0.2) is 5.58 Å². The maximum Gasteiger partial charge on any atom is 0.298 e. The molecule has 0 saturated carbocycles. The van der Waals surface area contributed by atoms with Gasteiger partial charge in [0.25, 0.3) is 11.9 Å². The van der Waals surface area contributed by atoms with Gasteiger partial charge in [-0.05, 0) is 55.5 Å². The summed E-state index contributed by atoms with van der Waals surface area (Å²) in [5.41, 5.74) is 2.68. The Kier molecular flexibility index (Phi) is 5.30. The summed E-state index contributed by atoms with van der Waals surface area (Å²) in [6, 6.07) is 12.3. The molecule has 2 fully saturated rings. The highest BCUT2D eigenvalue weighted by molar-refractivity contribution is 7.15. The molecule has 2 aliphatic rings. The lowest BCUT2D eigenvalue weighted by Gasteiger charge is -2.36. The molecule has 2 aromatic heterocycles. The molecule has 174 valence electrons. The second-order valence-corrected chi connectivity index (χ2v) is 10.5. The summed E-state index contributed by atoms with van der Waals surface area (Å²) in [6.07, 6.45) is 2.00. The van der Waals surface area contributed by atoms with E-state index in [0.717, 1.165) is 40.4 Å². The number of carbonyl (C=O) groups is 1. The third-order valence-electron chi connectivity index (χ3n) is 6.69. The first-order valence-corrected chi connectivity index (χ1v) is 12.5. The zero-order valence-corrected chi connectivity index (χ0v) is 20.1. The van der Waals surface area contributed by atoms with E-state index in [1.807, 2.05) is 17.9 Å². The Balaban J connectivity index is 1.28. The number of oxazole rings is 1. The van der Waals surface area contributed by atoms with Crippen LogP contribution in [-0.4, -0.2) is 46.5 Å². The minimum absolute atomic E-state index is 0.0583. The number of nitrogens with zero attached hydrogens (tertiary/aromatic N) is 4. The highest BCUT2D eigenvalue weighted by atomic mass is 35.5. The average molecular weight is 497 g/mol. The first kappa shape index (κ1) is 21.6. The molecule has 0 N–H and O–H groups in total. The van der Waals surface area contributed by atoms with Crippen LogP contribution in [0.1, 0.15) is 28.3 Å². The molecule has 1 amide bonds. The fraction of sp³-hybridized carbons (Fsp3) is 0.320. The first-order chi connectivity index (χ1) is 16.5. The summed E-state index contributed by atoms with van der Waals surface area (Å²) in [6.45, 7) is 4.03. The number of amides is 1. The molecular formula is C25H22ClFN4O2S. The second kappa shape index (κ2) is 8.36. The lowest BCUT2D eigenvalue weighted by Crippen LogP contribution is -2.48. The van der Waals surface area contributed by atoms with E-state index in [-0.39, 0.29) is 17.8 Å². The van der Waals surface area contributed by atoms with Gasteiger partial charge in [-0.2, -0.15) is 4.98 Å². The normalized spacial score (nSPS) is 20.2. The number of aromatic nitrogens is 2. The van der Waals surface area contributed by atoms with Crippen molar-refractivity contribution in [2.45, 2.75) is 25.8 Å². The van der Waals surface area contributed by atoms with E-state index >= 15 is 0 Å². The number of hydrogen-bond acceptors (Lipinski definition) is 6. The molecular weight excluding hydrogens is 475 g/mol. The van der Waals surface area contributed by atoms with Crippen LogP contribution in [0.25, 0.3) is 21.5 Å². The van der Waals surface area contributed by atoms with Crippen molar-refractivity contribution in [2.75, 3.05) is 24.5 Å². The van der Waals surface area contributed by atoms with Gasteiger partial charge in [-0.1, -0.05) is 23.7 Å². The van der Waals surface area contributed by atoms with Crippen LogP contribution in [0.15, 0.2) is 46.9 Å². The number of rotatable bonds is 3. The van der Waals surface area contributed by atoms with Crippen LogP contribution >= 0.6 is 22.9 Å². The number of anilines is 1. The number of aryl methyl sites for hydroxylation is 1. The Hall–Kier alpha value is -2.97. The number of hydrogen-bond donors (Lipinski definition) is 0. The number of thiazole rings is 1. The smallest absolute Gasteiger partial charge is 0.298 e. The predicted molar refractivity (Wildman–Crippen MR) is 131 cm³/mol. The minimum atomic E-state index is -0.302. The molecule has 2 atom stereocenters. The molecule has 0 spiro atoms. The van der Waals surface area contributed by atoms with Gasteiger partial charge in [0, 0.05) is 30.7 Å². The highest BCUT2D eigenvalue weighted by Gasteiger charge is 2.43. The first-order valence-electron chi connectivity index (χ1n) is 11.3. The van der Waals surface area contributed by atoms with Crippen LogP contribution < -0.4 is 4.90 Å². The van der Waals surface area contributed by atoms with Crippen LogP contribution in [0.5, 0.6) is 0 Å². The molecule has 2 saturated heterocycles. The van der Waals surface area contributed by atoms with Gasteiger partial charge < -0.3 is 14.2 Å². The largest absolute Gasteiger partial charge is 0.423 e. The van der Waals surface area contributed by atoms with E-state index < -0.39 is 0 Å². The lowest BCUT2D eigenvalue weighted by molar-refractivity contribution is 0.0570. The van der Waals surface area contributed by atoms with Crippen molar-refractivity contribution in [3.63, 3.8) is 0 Å². The monoisotopic (exact) mass is 496 g/mol. The van der Waals surface area contributed by atoms with E-state index in [4.69, 9.17) is 16.0 Å². The predicted octanol–water partition coefficient (Wildman–Crippen LogP) is 5.79. The van der Waals surface area contributed by atoms with Gasteiger partial charge in [-0.3, -0.25) is 4.79 Å². The van der Waals surface area contributed by atoms with Crippen LogP contribution in [0.4, 0.5) is 10.4 Å². The molecule has 9 heteroatoms. The van der Waals surface area contributed by atoms with Gasteiger partial charge >= 0.3 is 0 Å². The van der Waals surface area contributed by atoms with E-state index in [1.165, 1.54) is 23.5 Å². The maximum atomic E-state index is 13.8. The fourth-order valence-corrected chi connectivity index (χ4v) is 6.19. The van der Waals surface area contributed by atoms with Gasteiger partial charge in [-0.15, -0.1) is 11.3 Å². The number of fused-ring (bicyclic) bond motifs is 2. The summed E-state index contributed by atoms with van der Waals surface area (Å²) < 4.78 is 19.5. The van der Waals surface area contributed by atoms with E-state index in [0.29, 0.717) is 41.3 Å². The SMILES string of the molecule is Cc1nc(C(=O)N2CCCC3CN(c4nc5ccc(Cl)cc5o4)CC32)c(-c2ccc(F)cc2)s1. The molecule has 2 aliphatic heterocycles. The van der Waals surface area contributed by atoms with Crippen molar-refractivity contribution in [1.82, 2.24) is 14.9 Å². The quantitative estimate of drug-likeness (QED) is 0.359. The third-order valence-corrected chi connectivity index (χ3v) is 7.95. The molecule has 4 heterocycles. The summed E-state index contributed by atoms with van der Waals surface area (Å²) in [7, 11) is 0. The highest BCUT2D eigenvalue weighted by Crippen LogP contribution is 2.37. The Labute approximate surface area is 205 Å². The van der Waals surface area contributed by atoms with Crippen LogP contribution in [0.2, 0.25) is 5.02 Å². The topological polar surface area (TPSA) is 62.5 Å². The van der Waals surface area contributed by atoms with Crippen molar-refractivity contribution >= 4 is 46.0 Å². The Morgan fingerprint density at radius 3 is 2.82 bits per heavy atom. The Morgan fingerprint density at radius 1 is 1.18 bits per heavy atom. The maximum absolute atomic E-state index is 13.8. The minimum Gasteiger partial charge on any atom is -0.423 e. The van der Waals surface area contributed by atoms with E-state index in [9.17, 15) is 9.18 Å². The van der Waals surface area contributed by atoms with Crippen molar-refractivity contribution in [3.8, 4) is 10.4 Å². The zero-order chi connectivity index (χ0) is 23.4. The average Bonchev–Trinajstić information content (AvgIpc) is 3.54. The van der Waals surface area contributed by atoms with Crippen molar-refractivity contribution < 1.29 is 13.6 Å². The second-order valence-electron chi connectivity index (χ2n) is 8.90. The van der Waals surface area contributed by atoms with Crippen LogP contribution in [0, 0.1) is 18.7 Å². The summed E-state index contributed by atoms with van der Waals surface area (Å²) in [5, 5.41) is 1.42. The molecule has 0 radical (unpaired) electrons. The number of benzene rings is 2. The lowest BCUT2D eigenvalue weighted by atomic mass is 9.91. The van der Waals surface area contributed by atoms with Gasteiger partial charge in [0.2, 0.25) is 0 Å². The van der Waals surface area contributed by atoms with Crippen molar-refractivity contribution in [2.24, 2.45) is 5.92 Å². The summed E-state index contributed by atoms with van der Waals surface area (Å²) in [5.74, 6) is -0.0286. The van der Waals surface area contributed by atoms with Crippen molar-refractivity contribution in [1.29, 1.82) is 0 Å². The van der Waals surface area contributed by atoms with E-state index in [1.54, 1.807) is 24.3 Å². The summed E-state index contributed by atoms with van der Waals surface area (Å²) >= 11 is 7.56. The van der Waals surface area contributed by atoms with E-state index in [2.05, 4.69) is 14.9 Å². The molecule has 6 rings (SSSR count). The molecule has 0 bridgehead atoms. The molecule has 2 aromatic carbocycles. The number of halogens is 2.